The Labute approximate surface area is 167 Å². The summed E-state index contributed by atoms with van der Waals surface area (Å²) in [4.78, 5) is 27.5. The van der Waals surface area contributed by atoms with Gasteiger partial charge in [-0.15, -0.1) is 12.4 Å². The van der Waals surface area contributed by atoms with E-state index in [4.69, 9.17) is 9.47 Å². The van der Waals surface area contributed by atoms with Crippen molar-refractivity contribution in [2.75, 3.05) is 40.4 Å². The lowest BCUT2D eigenvalue weighted by Gasteiger charge is -2.28. The number of methoxy groups -OCH3 is 2. The maximum absolute atomic E-state index is 12.9. The van der Waals surface area contributed by atoms with Gasteiger partial charge in [0, 0.05) is 31.3 Å². The predicted octanol–water partition coefficient (Wildman–Crippen LogP) is 1.70. The number of benzene rings is 1. The van der Waals surface area contributed by atoms with Crippen molar-refractivity contribution in [2.24, 2.45) is 5.92 Å². The van der Waals surface area contributed by atoms with Crippen molar-refractivity contribution in [3.63, 3.8) is 0 Å². The Bertz CT molecular complexity index is 609. The van der Waals surface area contributed by atoms with Crippen LogP contribution in [0.3, 0.4) is 0 Å². The van der Waals surface area contributed by atoms with Gasteiger partial charge < -0.3 is 25.0 Å². The summed E-state index contributed by atoms with van der Waals surface area (Å²) in [7, 11) is 3.06. The van der Waals surface area contributed by atoms with Gasteiger partial charge in [0.25, 0.3) is 5.91 Å². The van der Waals surface area contributed by atoms with Crippen molar-refractivity contribution in [2.45, 2.75) is 26.3 Å². The lowest BCUT2D eigenvalue weighted by Crippen LogP contribution is -2.52. The van der Waals surface area contributed by atoms with Gasteiger partial charge in [-0.2, -0.15) is 0 Å². The molecule has 1 fully saturated rings. The average molecular weight is 400 g/mol. The number of rotatable bonds is 6. The first kappa shape index (κ1) is 23.0. The molecule has 1 aliphatic rings. The third-order valence-electron chi connectivity index (χ3n) is 4.48. The van der Waals surface area contributed by atoms with Gasteiger partial charge >= 0.3 is 0 Å². The summed E-state index contributed by atoms with van der Waals surface area (Å²) in [5, 5.41) is 6.17. The number of carbonyl (C=O) groups excluding carboxylic acids is 2. The molecule has 0 saturated carbocycles. The smallest absolute Gasteiger partial charge is 0.252 e. The molecule has 0 radical (unpaired) electrons. The predicted molar refractivity (Wildman–Crippen MR) is 107 cm³/mol. The SMILES string of the molecule is COc1cc(OC)cc(C(=O)NC(C(=O)N2CCCNCC2)C(C)C)c1.Cl. The Morgan fingerprint density at radius 1 is 1.07 bits per heavy atom. The van der Waals surface area contributed by atoms with Crippen molar-refractivity contribution in [3.8, 4) is 11.5 Å². The van der Waals surface area contributed by atoms with Gasteiger partial charge in [0.15, 0.2) is 0 Å². The van der Waals surface area contributed by atoms with Crippen LogP contribution in [0.1, 0.15) is 30.6 Å². The van der Waals surface area contributed by atoms with Crippen LogP contribution in [0.4, 0.5) is 0 Å². The first-order valence-electron chi connectivity index (χ1n) is 8.99. The minimum atomic E-state index is -0.571. The third kappa shape index (κ3) is 6.29. The normalized spacial score (nSPS) is 15.4. The second kappa shape index (κ2) is 11.0. The standard InChI is InChI=1S/C19H29N3O4.ClH/c1-13(2)17(19(24)22-8-5-6-20-7-9-22)21-18(23)14-10-15(25-3)12-16(11-14)26-4;/h10-13,17,20H,5-9H2,1-4H3,(H,21,23);1H. The summed E-state index contributed by atoms with van der Waals surface area (Å²) < 4.78 is 10.4. The maximum Gasteiger partial charge on any atom is 0.252 e. The molecule has 2 N–H and O–H groups in total. The van der Waals surface area contributed by atoms with Crippen LogP contribution >= 0.6 is 12.4 Å². The van der Waals surface area contributed by atoms with Crippen molar-refractivity contribution in [1.29, 1.82) is 0 Å². The van der Waals surface area contributed by atoms with E-state index < -0.39 is 6.04 Å². The van der Waals surface area contributed by atoms with Crippen LogP contribution in [0.2, 0.25) is 0 Å². The van der Waals surface area contributed by atoms with Crippen LogP contribution in [-0.2, 0) is 4.79 Å². The Morgan fingerprint density at radius 2 is 1.70 bits per heavy atom. The van der Waals surface area contributed by atoms with Gasteiger partial charge in [0.1, 0.15) is 17.5 Å². The molecule has 1 aromatic carbocycles. The second-order valence-electron chi connectivity index (χ2n) is 6.73. The number of halogens is 1. The number of carbonyl (C=O) groups is 2. The number of amides is 2. The fourth-order valence-corrected chi connectivity index (χ4v) is 2.94. The first-order chi connectivity index (χ1) is 12.5. The number of hydrogen-bond donors (Lipinski definition) is 2. The molecular weight excluding hydrogens is 370 g/mol. The highest BCUT2D eigenvalue weighted by Crippen LogP contribution is 2.22. The molecule has 1 atom stereocenters. The fourth-order valence-electron chi connectivity index (χ4n) is 2.94. The molecule has 2 rings (SSSR count). The van der Waals surface area contributed by atoms with Crippen molar-refractivity contribution >= 4 is 24.2 Å². The number of hydrogen-bond acceptors (Lipinski definition) is 5. The van der Waals surface area contributed by atoms with E-state index in [1.54, 1.807) is 18.2 Å². The molecule has 7 nitrogen and oxygen atoms in total. The molecule has 2 amide bonds. The summed E-state index contributed by atoms with van der Waals surface area (Å²) in [6.45, 7) is 6.92. The minimum Gasteiger partial charge on any atom is -0.497 e. The summed E-state index contributed by atoms with van der Waals surface area (Å²) in [5.41, 5.74) is 0.400. The largest absolute Gasteiger partial charge is 0.497 e. The molecule has 1 aromatic rings. The van der Waals surface area contributed by atoms with Gasteiger partial charge in [-0.3, -0.25) is 9.59 Å². The molecule has 8 heteroatoms. The van der Waals surface area contributed by atoms with E-state index in [1.165, 1.54) is 14.2 Å². The number of nitrogens with one attached hydrogen (secondary N) is 2. The Kier molecular flexibility index (Phi) is 9.38. The molecular formula is C19H30ClN3O4. The van der Waals surface area contributed by atoms with Gasteiger partial charge in [-0.25, -0.2) is 0 Å². The highest BCUT2D eigenvalue weighted by Gasteiger charge is 2.29. The first-order valence-corrected chi connectivity index (χ1v) is 8.99. The number of nitrogens with zero attached hydrogens (tertiary/aromatic N) is 1. The van der Waals surface area contributed by atoms with Gasteiger partial charge in [-0.1, -0.05) is 13.8 Å². The molecule has 1 saturated heterocycles. The van der Waals surface area contributed by atoms with E-state index in [-0.39, 0.29) is 30.1 Å². The van der Waals surface area contributed by atoms with E-state index in [2.05, 4.69) is 10.6 Å². The van der Waals surface area contributed by atoms with Crippen LogP contribution in [0, 0.1) is 5.92 Å². The molecule has 0 bridgehead atoms. The van der Waals surface area contributed by atoms with Crippen molar-refractivity contribution in [3.05, 3.63) is 23.8 Å². The maximum atomic E-state index is 12.9. The lowest BCUT2D eigenvalue weighted by atomic mass is 10.0. The van der Waals surface area contributed by atoms with E-state index in [1.807, 2.05) is 18.7 Å². The minimum absolute atomic E-state index is 0. The Balaban J connectivity index is 0.00000364. The van der Waals surface area contributed by atoms with E-state index in [0.29, 0.717) is 30.2 Å². The zero-order valence-corrected chi connectivity index (χ0v) is 17.2. The summed E-state index contributed by atoms with van der Waals surface area (Å²) >= 11 is 0. The average Bonchev–Trinajstić information content (AvgIpc) is 2.94. The topological polar surface area (TPSA) is 79.9 Å². The second-order valence-corrected chi connectivity index (χ2v) is 6.73. The molecule has 27 heavy (non-hydrogen) atoms. The summed E-state index contributed by atoms with van der Waals surface area (Å²) in [5.74, 6) is 0.685. The summed E-state index contributed by atoms with van der Waals surface area (Å²) in [6.07, 6.45) is 0.914. The highest BCUT2D eigenvalue weighted by atomic mass is 35.5. The molecule has 1 heterocycles. The van der Waals surface area contributed by atoms with E-state index in [0.717, 1.165) is 19.5 Å². The quantitative estimate of drug-likeness (QED) is 0.761. The zero-order chi connectivity index (χ0) is 19.1. The van der Waals surface area contributed by atoms with Crippen molar-refractivity contribution in [1.82, 2.24) is 15.5 Å². The Hall–Kier alpha value is -1.99. The Morgan fingerprint density at radius 3 is 2.26 bits per heavy atom. The molecule has 0 spiro atoms. The molecule has 1 aliphatic heterocycles. The third-order valence-corrected chi connectivity index (χ3v) is 4.48. The fraction of sp³-hybridized carbons (Fsp3) is 0.579. The molecule has 0 aromatic heterocycles. The molecule has 152 valence electrons. The van der Waals surface area contributed by atoms with Crippen molar-refractivity contribution < 1.29 is 19.1 Å². The van der Waals surface area contributed by atoms with E-state index in [9.17, 15) is 9.59 Å². The van der Waals surface area contributed by atoms with Gasteiger partial charge in [-0.05, 0) is 31.0 Å². The monoisotopic (exact) mass is 399 g/mol. The van der Waals surface area contributed by atoms with Crippen LogP contribution in [0.5, 0.6) is 11.5 Å². The molecule has 0 aliphatic carbocycles. The molecule has 1 unspecified atom stereocenters. The van der Waals surface area contributed by atoms with Gasteiger partial charge in [0.05, 0.1) is 14.2 Å². The highest BCUT2D eigenvalue weighted by molar-refractivity contribution is 5.98. The zero-order valence-electron chi connectivity index (χ0n) is 16.4. The lowest BCUT2D eigenvalue weighted by molar-refractivity contribution is -0.134. The number of ether oxygens (including phenoxy) is 2. The van der Waals surface area contributed by atoms with Crippen LogP contribution < -0.4 is 20.1 Å². The van der Waals surface area contributed by atoms with Crippen LogP contribution in [0.15, 0.2) is 18.2 Å². The summed E-state index contributed by atoms with van der Waals surface area (Å²) in [6, 6.07) is 4.40. The van der Waals surface area contributed by atoms with Crippen LogP contribution in [0.25, 0.3) is 0 Å². The van der Waals surface area contributed by atoms with Crippen LogP contribution in [-0.4, -0.2) is 63.2 Å². The van der Waals surface area contributed by atoms with Gasteiger partial charge in [0.2, 0.25) is 5.91 Å². The van der Waals surface area contributed by atoms with E-state index >= 15 is 0 Å².